The van der Waals surface area contributed by atoms with Crippen molar-refractivity contribution in [1.82, 2.24) is 9.21 Å². The minimum atomic E-state index is -3.72. The van der Waals surface area contributed by atoms with Gasteiger partial charge in [-0.3, -0.25) is 4.79 Å². The van der Waals surface area contributed by atoms with Crippen LogP contribution in [0.3, 0.4) is 0 Å². The number of nitrogens with zero attached hydrogens (tertiary/aromatic N) is 2. The average molecular weight is 353 g/mol. The van der Waals surface area contributed by atoms with E-state index in [0.29, 0.717) is 13.1 Å². The fraction of sp³-hybridized carbons (Fsp3) is 0.562. The third-order valence-electron chi connectivity index (χ3n) is 4.64. The molecule has 2 saturated heterocycles. The van der Waals surface area contributed by atoms with Crippen LogP contribution in [-0.2, 0) is 14.8 Å². The molecule has 0 aromatic heterocycles. The molecular formula is C16H23N3O4S. The van der Waals surface area contributed by atoms with Gasteiger partial charge in [-0.15, -0.1) is 0 Å². The van der Waals surface area contributed by atoms with E-state index in [1.807, 2.05) is 0 Å². The Hall–Kier alpha value is -1.48. The van der Waals surface area contributed by atoms with Gasteiger partial charge in [0.05, 0.1) is 22.7 Å². The van der Waals surface area contributed by atoms with Crippen LogP contribution in [0.25, 0.3) is 0 Å². The molecule has 2 aliphatic rings. The third-order valence-corrected chi connectivity index (χ3v) is 6.53. The highest BCUT2D eigenvalue weighted by Crippen LogP contribution is 2.27. The number of ether oxygens (including phenoxy) is 1. The molecule has 0 aliphatic carbocycles. The van der Waals surface area contributed by atoms with Crippen molar-refractivity contribution >= 4 is 15.9 Å². The van der Waals surface area contributed by atoms with Crippen LogP contribution in [-0.4, -0.2) is 69.0 Å². The van der Waals surface area contributed by atoms with Gasteiger partial charge in [0.1, 0.15) is 0 Å². The first kappa shape index (κ1) is 17.3. The van der Waals surface area contributed by atoms with Crippen molar-refractivity contribution in [3.8, 4) is 0 Å². The Balaban J connectivity index is 1.62. The summed E-state index contributed by atoms with van der Waals surface area (Å²) in [7, 11) is -1.63. The maximum atomic E-state index is 12.7. The summed E-state index contributed by atoms with van der Waals surface area (Å²) in [4.78, 5) is 13.7. The molecule has 8 heteroatoms. The Kier molecular flexibility index (Phi) is 4.91. The number of benzene rings is 1. The molecule has 2 aliphatic heterocycles. The lowest BCUT2D eigenvalue weighted by molar-refractivity contribution is -0.0836. The lowest BCUT2D eigenvalue weighted by Gasteiger charge is -2.41. The van der Waals surface area contributed by atoms with E-state index in [1.165, 1.54) is 16.4 Å². The Morgan fingerprint density at radius 1 is 1.17 bits per heavy atom. The molecule has 132 valence electrons. The van der Waals surface area contributed by atoms with Gasteiger partial charge in [-0.1, -0.05) is 12.1 Å². The largest absolute Gasteiger partial charge is 0.372 e. The Morgan fingerprint density at radius 2 is 1.79 bits per heavy atom. The smallest absolute Gasteiger partial charge is 0.250 e. The molecule has 2 heterocycles. The number of sulfonamides is 1. The van der Waals surface area contributed by atoms with Gasteiger partial charge in [-0.05, 0) is 32.0 Å². The predicted octanol–water partition coefficient (Wildman–Crippen LogP) is 0.269. The van der Waals surface area contributed by atoms with Crippen LogP contribution in [0.4, 0.5) is 0 Å². The van der Waals surface area contributed by atoms with Gasteiger partial charge < -0.3 is 15.4 Å². The standard InChI is InChI=1S/C16H23N3O4S/c1-18-8-6-12(7-9-18)23-13-10-19(11-13)24(21,22)15-5-3-2-4-14(15)16(17)20/h2-5,12-13H,6-11H2,1H3,(H2,17,20). The second-order valence-corrected chi connectivity index (χ2v) is 8.35. The van der Waals surface area contributed by atoms with E-state index < -0.39 is 15.9 Å². The summed E-state index contributed by atoms with van der Waals surface area (Å²) in [5, 5.41) is 0. The molecule has 24 heavy (non-hydrogen) atoms. The van der Waals surface area contributed by atoms with Gasteiger partial charge >= 0.3 is 0 Å². The summed E-state index contributed by atoms with van der Waals surface area (Å²) in [6.45, 7) is 2.65. The van der Waals surface area contributed by atoms with Gasteiger partial charge in [0, 0.05) is 26.2 Å². The molecule has 0 spiro atoms. The second kappa shape index (κ2) is 6.79. The summed E-state index contributed by atoms with van der Waals surface area (Å²) in [5.41, 5.74) is 5.31. The van der Waals surface area contributed by atoms with E-state index in [4.69, 9.17) is 10.5 Å². The van der Waals surface area contributed by atoms with Gasteiger partial charge in [-0.25, -0.2) is 8.42 Å². The van der Waals surface area contributed by atoms with Crippen molar-refractivity contribution in [3.05, 3.63) is 29.8 Å². The van der Waals surface area contributed by atoms with Crippen molar-refractivity contribution < 1.29 is 17.9 Å². The SMILES string of the molecule is CN1CCC(OC2CN(S(=O)(=O)c3ccccc3C(N)=O)C2)CC1. The average Bonchev–Trinajstić information content (AvgIpc) is 2.52. The fourth-order valence-electron chi connectivity index (χ4n) is 3.11. The van der Waals surface area contributed by atoms with E-state index in [2.05, 4.69) is 11.9 Å². The van der Waals surface area contributed by atoms with E-state index in [1.54, 1.807) is 12.1 Å². The van der Waals surface area contributed by atoms with Gasteiger partial charge in [0.25, 0.3) is 0 Å². The normalized spacial score (nSPS) is 21.5. The minimum Gasteiger partial charge on any atom is -0.372 e. The first-order chi connectivity index (χ1) is 11.4. The van der Waals surface area contributed by atoms with Crippen LogP contribution in [0.15, 0.2) is 29.2 Å². The molecule has 0 unspecified atom stereocenters. The summed E-state index contributed by atoms with van der Waals surface area (Å²) in [6.07, 6.45) is 2.08. The van der Waals surface area contributed by atoms with Crippen molar-refractivity contribution in [1.29, 1.82) is 0 Å². The second-order valence-electron chi connectivity index (χ2n) is 6.44. The third kappa shape index (κ3) is 3.46. The molecule has 3 rings (SSSR count). The molecular weight excluding hydrogens is 330 g/mol. The number of carbonyl (C=O) groups is 1. The summed E-state index contributed by atoms with van der Waals surface area (Å²) >= 11 is 0. The van der Waals surface area contributed by atoms with E-state index >= 15 is 0 Å². The number of hydrogen-bond donors (Lipinski definition) is 1. The van der Waals surface area contributed by atoms with Crippen LogP contribution in [0.2, 0.25) is 0 Å². The molecule has 0 atom stereocenters. The van der Waals surface area contributed by atoms with Crippen LogP contribution >= 0.6 is 0 Å². The predicted molar refractivity (Wildman–Crippen MR) is 89.1 cm³/mol. The maximum absolute atomic E-state index is 12.7. The van der Waals surface area contributed by atoms with Crippen molar-refractivity contribution in [2.45, 2.75) is 29.9 Å². The van der Waals surface area contributed by atoms with E-state index in [9.17, 15) is 13.2 Å². The monoisotopic (exact) mass is 353 g/mol. The molecule has 1 aromatic rings. The number of primary amides is 1. The highest BCUT2D eigenvalue weighted by molar-refractivity contribution is 7.89. The first-order valence-electron chi connectivity index (χ1n) is 8.11. The molecule has 0 bridgehead atoms. The van der Waals surface area contributed by atoms with Gasteiger partial charge in [0.2, 0.25) is 15.9 Å². The maximum Gasteiger partial charge on any atom is 0.250 e. The summed E-state index contributed by atoms with van der Waals surface area (Å²) in [6, 6.07) is 6.04. The highest BCUT2D eigenvalue weighted by atomic mass is 32.2. The van der Waals surface area contributed by atoms with Crippen LogP contribution in [0.1, 0.15) is 23.2 Å². The van der Waals surface area contributed by atoms with E-state index in [-0.39, 0.29) is 22.7 Å². The number of hydrogen-bond acceptors (Lipinski definition) is 5. The topological polar surface area (TPSA) is 92.9 Å². The number of piperidine rings is 1. The quantitative estimate of drug-likeness (QED) is 0.820. The highest BCUT2D eigenvalue weighted by Gasteiger charge is 2.40. The van der Waals surface area contributed by atoms with Crippen LogP contribution in [0.5, 0.6) is 0 Å². The van der Waals surface area contributed by atoms with Crippen molar-refractivity contribution in [2.24, 2.45) is 5.73 Å². The van der Waals surface area contributed by atoms with Crippen molar-refractivity contribution in [2.75, 3.05) is 33.2 Å². The van der Waals surface area contributed by atoms with Crippen molar-refractivity contribution in [3.63, 3.8) is 0 Å². The molecule has 1 amide bonds. The van der Waals surface area contributed by atoms with Gasteiger partial charge in [0.15, 0.2) is 0 Å². The molecule has 2 fully saturated rings. The number of carbonyl (C=O) groups excluding carboxylic acids is 1. The Morgan fingerprint density at radius 3 is 2.42 bits per heavy atom. The summed E-state index contributed by atoms with van der Waals surface area (Å²) < 4.78 is 32.7. The number of nitrogens with two attached hydrogens (primary N) is 1. The molecule has 0 radical (unpaired) electrons. The van der Waals surface area contributed by atoms with Crippen LogP contribution in [0, 0.1) is 0 Å². The number of rotatable bonds is 5. The lowest BCUT2D eigenvalue weighted by Crippen LogP contribution is -2.56. The lowest BCUT2D eigenvalue weighted by atomic mass is 10.1. The molecule has 2 N–H and O–H groups in total. The minimum absolute atomic E-state index is 0.0252. The number of amides is 1. The van der Waals surface area contributed by atoms with E-state index in [0.717, 1.165) is 25.9 Å². The zero-order chi connectivity index (χ0) is 17.3. The zero-order valence-electron chi connectivity index (χ0n) is 13.7. The Bertz CT molecular complexity index is 708. The Labute approximate surface area is 142 Å². The van der Waals surface area contributed by atoms with Gasteiger partial charge in [-0.2, -0.15) is 4.31 Å². The fourth-order valence-corrected chi connectivity index (χ4v) is 4.81. The molecule has 7 nitrogen and oxygen atoms in total. The summed E-state index contributed by atoms with van der Waals surface area (Å²) in [5.74, 6) is -0.742. The zero-order valence-corrected chi connectivity index (χ0v) is 14.5. The molecule has 1 aromatic carbocycles. The first-order valence-corrected chi connectivity index (χ1v) is 9.55. The number of likely N-dealkylation sites (tertiary alicyclic amines) is 1. The molecule has 0 saturated carbocycles. The van der Waals surface area contributed by atoms with Crippen LogP contribution < -0.4 is 5.73 Å².